The molecule has 1 N–H and O–H groups in total. The largest absolute Gasteiger partial charge is 0.352 e. The molecule has 28 heavy (non-hydrogen) atoms. The van der Waals surface area contributed by atoms with Crippen LogP contribution in [0.25, 0.3) is 0 Å². The SMILES string of the molecule is O=C(NCc1ccccc1F)[C@@H]1CC[C@H](c2ccccc2)N(C(=O)C2CC2)C1. The van der Waals surface area contributed by atoms with Crippen molar-refractivity contribution in [1.82, 2.24) is 10.2 Å². The zero-order chi connectivity index (χ0) is 19.5. The van der Waals surface area contributed by atoms with Crippen LogP contribution in [0.1, 0.15) is 42.9 Å². The predicted octanol–water partition coefficient (Wildman–Crippen LogP) is 3.83. The predicted molar refractivity (Wildman–Crippen MR) is 105 cm³/mol. The van der Waals surface area contributed by atoms with Gasteiger partial charge in [0, 0.05) is 24.6 Å². The van der Waals surface area contributed by atoms with Gasteiger partial charge in [-0.3, -0.25) is 9.59 Å². The Hall–Kier alpha value is -2.69. The second-order valence-electron chi connectivity index (χ2n) is 7.77. The third-order valence-corrected chi connectivity index (χ3v) is 5.76. The number of nitrogens with one attached hydrogen (secondary N) is 1. The van der Waals surface area contributed by atoms with Crippen molar-refractivity contribution < 1.29 is 14.0 Å². The lowest BCUT2D eigenvalue weighted by Crippen LogP contribution is -2.47. The molecule has 1 heterocycles. The molecule has 146 valence electrons. The van der Waals surface area contributed by atoms with Gasteiger partial charge >= 0.3 is 0 Å². The molecule has 2 fully saturated rings. The van der Waals surface area contributed by atoms with Crippen molar-refractivity contribution in [3.05, 3.63) is 71.5 Å². The molecule has 0 spiro atoms. The van der Waals surface area contributed by atoms with E-state index in [4.69, 9.17) is 0 Å². The zero-order valence-corrected chi connectivity index (χ0v) is 15.8. The van der Waals surface area contributed by atoms with Crippen molar-refractivity contribution in [2.75, 3.05) is 6.54 Å². The number of rotatable bonds is 5. The van der Waals surface area contributed by atoms with E-state index >= 15 is 0 Å². The van der Waals surface area contributed by atoms with Gasteiger partial charge in [0.1, 0.15) is 5.82 Å². The molecule has 4 nitrogen and oxygen atoms in total. The van der Waals surface area contributed by atoms with Gasteiger partial charge in [-0.25, -0.2) is 4.39 Å². The lowest BCUT2D eigenvalue weighted by atomic mass is 9.88. The summed E-state index contributed by atoms with van der Waals surface area (Å²) < 4.78 is 13.8. The van der Waals surface area contributed by atoms with E-state index in [0.29, 0.717) is 12.1 Å². The second kappa shape index (κ2) is 8.13. The van der Waals surface area contributed by atoms with Crippen LogP contribution >= 0.6 is 0 Å². The van der Waals surface area contributed by atoms with Crippen LogP contribution in [0, 0.1) is 17.7 Å². The summed E-state index contributed by atoms with van der Waals surface area (Å²) >= 11 is 0. The molecular formula is C23H25FN2O2. The standard InChI is InChI=1S/C23H25FN2O2/c24-20-9-5-4-8-18(20)14-25-22(27)19-12-13-21(16-6-2-1-3-7-16)26(15-19)23(28)17-10-11-17/h1-9,17,19,21H,10-15H2,(H,25,27)/t19-,21-/m1/s1. The number of piperidine rings is 1. The smallest absolute Gasteiger partial charge is 0.226 e. The fourth-order valence-corrected chi connectivity index (χ4v) is 3.98. The fourth-order valence-electron chi connectivity index (χ4n) is 3.98. The summed E-state index contributed by atoms with van der Waals surface area (Å²) in [6.45, 7) is 0.596. The summed E-state index contributed by atoms with van der Waals surface area (Å²) in [6, 6.07) is 16.5. The molecule has 0 radical (unpaired) electrons. The van der Waals surface area contributed by atoms with Crippen LogP contribution in [0.15, 0.2) is 54.6 Å². The molecule has 1 saturated carbocycles. The van der Waals surface area contributed by atoms with E-state index < -0.39 is 0 Å². The Morgan fingerprint density at radius 1 is 0.929 bits per heavy atom. The minimum absolute atomic E-state index is 0.0323. The van der Waals surface area contributed by atoms with Crippen LogP contribution < -0.4 is 5.32 Å². The van der Waals surface area contributed by atoms with Crippen LogP contribution in [0.3, 0.4) is 0 Å². The van der Waals surface area contributed by atoms with E-state index in [1.54, 1.807) is 18.2 Å². The number of nitrogens with zero attached hydrogens (tertiary/aromatic N) is 1. The summed E-state index contributed by atoms with van der Waals surface area (Å²) in [5.41, 5.74) is 1.60. The molecule has 1 aliphatic carbocycles. The van der Waals surface area contributed by atoms with E-state index in [9.17, 15) is 14.0 Å². The molecule has 0 bridgehead atoms. The summed E-state index contributed by atoms with van der Waals surface area (Å²) in [5.74, 6) is -0.397. The van der Waals surface area contributed by atoms with Gasteiger partial charge in [-0.2, -0.15) is 0 Å². The Kier molecular flexibility index (Phi) is 5.42. The van der Waals surface area contributed by atoms with E-state index in [2.05, 4.69) is 17.4 Å². The highest BCUT2D eigenvalue weighted by molar-refractivity contribution is 5.84. The molecule has 1 saturated heterocycles. The van der Waals surface area contributed by atoms with Gasteiger partial charge in [-0.15, -0.1) is 0 Å². The first-order chi connectivity index (χ1) is 13.6. The molecule has 5 heteroatoms. The molecule has 2 aromatic rings. The van der Waals surface area contributed by atoms with Gasteiger partial charge in [-0.1, -0.05) is 48.5 Å². The molecule has 1 aliphatic heterocycles. The number of halogens is 1. The lowest BCUT2D eigenvalue weighted by molar-refractivity contribution is -0.140. The van der Waals surface area contributed by atoms with Crippen molar-refractivity contribution in [3.8, 4) is 0 Å². The number of likely N-dealkylation sites (tertiary alicyclic amines) is 1. The van der Waals surface area contributed by atoms with Gasteiger partial charge < -0.3 is 10.2 Å². The Morgan fingerprint density at radius 2 is 1.61 bits per heavy atom. The molecule has 0 unspecified atom stereocenters. The average Bonchev–Trinajstić information content (AvgIpc) is 3.58. The number of carbonyl (C=O) groups excluding carboxylic acids is 2. The van der Waals surface area contributed by atoms with Gasteiger partial charge in [0.2, 0.25) is 11.8 Å². The van der Waals surface area contributed by atoms with Gasteiger partial charge in [0.05, 0.1) is 12.0 Å². The summed E-state index contributed by atoms with van der Waals surface area (Å²) in [6.07, 6.45) is 3.37. The normalized spacial score (nSPS) is 22.0. The molecule has 2 aromatic carbocycles. The molecule has 2 aliphatic rings. The van der Waals surface area contributed by atoms with E-state index in [0.717, 1.165) is 31.2 Å². The number of hydrogen-bond acceptors (Lipinski definition) is 2. The fraction of sp³-hybridized carbons (Fsp3) is 0.391. The van der Waals surface area contributed by atoms with Gasteiger partial charge in [-0.05, 0) is 37.3 Å². The maximum atomic E-state index is 13.8. The van der Waals surface area contributed by atoms with Crippen LogP contribution in [-0.4, -0.2) is 23.3 Å². The second-order valence-corrected chi connectivity index (χ2v) is 7.77. The number of amides is 2. The quantitative estimate of drug-likeness (QED) is 0.857. The highest BCUT2D eigenvalue weighted by Crippen LogP contribution is 2.39. The van der Waals surface area contributed by atoms with E-state index in [1.807, 2.05) is 23.1 Å². The van der Waals surface area contributed by atoms with Crippen molar-refractivity contribution in [1.29, 1.82) is 0 Å². The molecular weight excluding hydrogens is 355 g/mol. The highest BCUT2D eigenvalue weighted by Gasteiger charge is 2.41. The first kappa shape index (κ1) is 18.7. The summed E-state index contributed by atoms with van der Waals surface area (Å²) in [7, 11) is 0. The zero-order valence-electron chi connectivity index (χ0n) is 15.8. The number of benzene rings is 2. The third-order valence-electron chi connectivity index (χ3n) is 5.76. The van der Waals surface area contributed by atoms with Crippen LogP contribution in [0.2, 0.25) is 0 Å². The monoisotopic (exact) mass is 380 g/mol. The van der Waals surface area contributed by atoms with Crippen molar-refractivity contribution in [2.24, 2.45) is 11.8 Å². The molecule has 0 aromatic heterocycles. The van der Waals surface area contributed by atoms with Crippen LogP contribution in [0.4, 0.5) is 4.39 Å². The molecule has 4 rings (SSSR count). The van der Waals surface area contributed by atoms with Crippen LogP contribution in [-0.2, 0) is 16.1 Å². The third kappa shape index (κ3) is 4.08. The Morgan fingerprint density at radius 3 is 2.32 bits per heavy atom. The molecule has 2 amide bonds. The maximum Gasteiger partial charge on any atom is 0.226 e. The average molecular weight is 380 g/mol. The van der Waals surface area contributed by atoms with E-state index in [1.165, 1.54) is 6.07 Å². The summed E-state index contributed by atoms with van der Waals surface area (Å²) in [5, 5.41) is 2.85. The van der Waals surface area contributed by atoms with Crippen molar-refractivity contribution in [2.45, 2.75) is 38.3 Å². The van der Waals surface area contributed by atoms with Gasteiger partial charge in [0.25, 0.3) is 0 Å². The first-order valence-electron chi connectivity index (χ1n) is 10.00. The van der Waals surface area contributed by atoms with Crippen molar-refractivity contribution >= 4 is 11.8 Å². The summed E-state index contributed by atoms with van der Waals surface area (Å²) in [4.78, 5) is 27.5. The molecule has 2 atom stereocenters. The highest BCUT2D eigenvalue weighted by atomic mass is 19.1. The minimum atomic E-state index is -0.318. The Bertz CT molecular complexity index is 851. The Labute approximate surface area is 164 Å². The number of carbonyl (C=O) groups is 2. The minimum Gasteiger partial charge on any atom is -0.352 e. The van der Waals surface area contributed by atoms with Crippen molar-refractivity contribution in [3.63, 3.8) is 0 Å². The first-order valence-corrected chi connectivity index (χ1v) is 10.00. The lowest BCUT2D eigenvalue weighted by Gasteiger charge is -2.39. The van der Waals surface area contributed by atoms with Crippen LogP contribution in [0.5, 0.6) is 0 Å². The Balaban J connectivity index is 1.44. The van der Waals surface area contributed by atoms with E-state index in [-0.39, 0.29) is 42.1 Å². The topological polar surface area (TPSA) is 49.4 Å². The number of hydrogen-bond donors (Lipinski definition) is 1. The van der Waals surface area contributed by atoms with Gasteiger partial charge in [0.15, 0.2) is 0 Å². The maximum absolute atomic E-state index is 13.8.